The van der Waals surface area contributed by atoms with Gasteiger partial charge in [0.2, 0.25) is 5.82 Å². The summed E-state index contributed by atoms with van der Waals surface area (Å²) in [5.41, 5.74) is -0.503. The third-order valence-corrected chi connectivity index (χ3v) is 3.10. The van der Waals surface area contributed by atoms with Crippen molar-refractivity contribution in [3.8, 4) is 11.1 Å². The van der Waals surface area contributed by atoms with Crippen LogP contribution in [0.2, 0.25) is 0 Å². The Labute approximate surface area is 117 Å². The average molecular weight is 285 g/mol. The van der Waals surface area contributed by atoms with Crippen LogP contribution in [0, 0.1) is 15.9 Å². The maximum absolute atomic E-state index is 13.3. The minimum Gasteiger partial charge on any atom is -0.422 e. The van der Waals surface area contributed by atoms with Gasteiger partial charge in [-0.15, -0.1) is 0 Å². The first-order valence-electron chi connectivity index (χ1n) is 6.03. The summed E-state index contributed by atoms with van der Waals surface area (Å²) >= 11 is 0. The molecular formula is C15H8FNO4. The van der Waals surface area contributed by atoms with Gasteiger partial charge >= 0.3 is 11.3 Å². The topological polar surface area (TPSA) is 73.3 Å². The maximum atomic E-state index is 13.3. The van der Waals surface area contributed by atoms with E-state index in [-0.39, 0.29) is 11.1 Å². The Morgan fingerprint density at radius 1 is 1.10 bits per heavy atom. The number of hydrogen-bond acceptors (Lipinski definition) is 4. The van der Waals surface area contributed by atoms with Gasteiger partial charge in [-0.3, -0.25) is 10.1 Å². The summed E-state index contributed by atoms with van der Waals surface area (Å²) in [6.45, 7) is 0. The minimum absolute atomic E-state index is 0.150. The van der Waals surface area contributed by atoms with Crippen LogP contribution in [0.5, 0.6) is 0 Å². The zero-order valence-corrected chi connectivity index (χ0v) is 10.6. The molecule has 2 aromatic carbocycles. The summed E-state index contributed by atoms with van der Waals surface area (Å²) in [5.74, 6) is -0.950. The molecule has 0 N–H and O–H groups in total. The summed E-state index contributed by atoms with van der Waals surface area (Å²) < 4.78 is 18.5. The van der Waals surface area contributed by atoms with Crippen molar-refractivity contribution >= 4 is 16.7 Å². The van der Waals surface area contributed by atoms with Crippen LogP contribution in [-0.2, 0) is 0 Å². The lowest BCUT2D eigenvalue weighted by atomic mass is 10.1. The standard InChI is InChI=1S/C15H8FNO4/c16-12-6-5-9(8-13(12)17(19)20)11-7-10-3-1-2-4-14(10)21-15(11)18/h1-8H. The molecule has 0 saturated carbocycles. The van der Waals surface area contributed by atoms with E-state index in [1.165, 1.54) is 6.07 Å². The van der Waals surface area contributed by atoms with E-state index in [9.17, 15) is 19.3 Å². The molecule has 0 amide bonds. The molecule has 0 bridgehead atoms. The smallest absolute Gasteiger partial charge is 0.344 e. The zero-order valence-electron chi connectivity index (χ0n) is 10.6. The van der Waals surface area contributed by atoms with E-state index in [2.05, 4.69) is 0 Å². The van der Waals surface area contributed by atoms with E-state index < -0.39 is 22.1 Å². The van der Waals surface area contributed by atoms with Crippen molar-refractivity contribution in [2.45, 2.75) is 0 Å². The number of halogens is 1. The monoisotopic (exact) mass is 285 g/mol. The van der Waals surface area contributed by atoms with Crippen molar-refractivity contribution < 1.29 is 13.7 Å². The van der Waals surface area contributed by atoms with Gasteiger partial charge in [0.1, 0.15) is 5.58 Å². The largest absolute Gasteiger partial charge is 0.422 e. The highest BCUT2D eigenvalue weighted by Gasteiger charge is 2.17. The summed E-state index contributed by atoms with van der Waals surface area (Å²) in [5, 5.41) is 11.4. The highest BCUT2D eigenvalue weighted by Crippen LogP contribution is 2.26. The van der Waals surface area contributed by atoms with E-state index in [0.717, 1.165) is 12.1 Å². The van der Waals surface area contributed by atoms with Gasteiger partial charge < -0.3 is 4.42 Å². The molecule has 6 heteroatoms. The van der Waals surface area contributed by atoms with Gasteiger partial charge in [-0.1, -0.05) is 24.3 Å². The normalized spacial score (nSPS) is 10.7. The summed E-state index contributed by atoms with van der Waals surface area (Å²) in [6.07, 6.45) is 0. The van der Waals surface area contributed by atoms with Crippen LogP contribution < -0.4 is 5.63 Å². The van der Waals surface area contributed by atoms with Crippen LogP contribution in [-0.4, -0.2) is 4.92 Å². The third kappa shape index (κ3) is 2.27. The number of hydrogen-bond donors (Lipinski definition) is 0. The Morgan fingerprint density at radius 2 is 1.86 bits per heavy atom. The van der Waals surface area contributed by atoms with Crippen LogP contribution in [0.3, 0.4) is 0 Å². The van der Waals surface area contributed by atoms with Gasteiger partial charge in [-0.05, 0) is 23.8 Å². The van der Waals surface area contributed by atoms with Crippen molar-refractivity contribution in [1.82, 2.24) is 0 Å². The molecule has 0 unspecified atom stereocenters. The highest BCUT2D eigenvalue weighted by atomic mass is 19.1. The molecule has 3 rings (SSSR count). The SMILES string of the molecule is O=c1oc2ccccc2cc1-c1ccc(F)c([N+](=O)[O-])c1. The van der Waals surface area contributed by atoms with Gasteiger partial charge in [0.05, 0.1) is 10.5 Å². The Kier molecular flexibility index (Phi) is 2.98. The molecule has 0 aliphatic heterocycles. The lowest BCUT2D eigenvalue weighted by Gasteiger charge is -2.03. The van der Waals surface area contributed by atoms with E-state index >= 15 is 0 Å². The summed E-state index contributed by atoms with van der Waals surface area (Å²) in [4.78, 5) is 21.9. The fourth-order valence-corrected chi connectivity index (χ4v) is 2.08. The Bertz CT molecular complexity index is 917. The van der Waals surface area contributed by atoms with Crippen LogP contribution in [0.15, 0.2) is 57.7 Å². The second-order valence-corrected chi connectivity index (χ2v) is 4.41. The fraction of sp³-hybridized carbons (Fsp3) is 0. The second kappa shape index (κ2) is 4.82. The molecule has 1 heterocycles. The first kappa shape index (κ1) is 13.0. The minimum atomic E-state index is -0.950. The number of nitro groups is 1. The number of fused-ring (bicyclic) bond motifs is 1. The molecule has 0 radical (unpaired) electrons. The molecule has 1 aromatic heterocycles. The molecular weight excluding hydrogens is 277 g/mol. The maximum Gasteiger partial charge on any atom is 0.344 e. The predicted molar refractivity (Wildman–Crippen MR) is 74.5 cm³/mol. The van der Waals surface area contributed by atoms with Crippen molar-refractivity contribution in [3.05, 3.63) is 74.9 Å². The fourth-order valence-electron chi connectivity index (χ4n) is 2.08. The second-order valence-electron chi connectivity index (χ2n) is 4.41. The highest BCUT2D eigenvalue weighted by molar-refractivity contribution is 5.81. The lowest BCUT2D eigenvalue weighted by Crippen LogP contribution is -2.03. The zero-order chi connectivity index (χ0) is 15.0. The summed E-state index contributed by atoms with van der Waals surface area (Å²) in [6, 6.07) is 11.8. The Balaban J connectivity index is 2.25. The summed E-state index contributed by atoms with van der Waals surface area (Å²) in [7, 11) is 0. The quantitative estimate of drug-likeness (QED) is 0.410. The van der Waals surface area contributed by atoms with E-state index in [1.54, 1.807) is 30.3 Å². The third-order valence-electron chi connectivity index (χ3n) is 3.10. The molecule has 0 aliphatic rings. The molecule has 104 valence electrons. The Hall–Kier alpha value is -3.02. The van der Waals surface area contributed by atoms with Gasteiger partial charge in [0.25, 0.3) is 0 Å². The lowest BCUT2D eigenvalue weighted by molar-refractivity contribution is -0.387. The van der Waals surface area contributed by atoms with Gasteiger partial charge in [0, 0.05) is 11.5 Å². The van der Waals surface area contributed by atoms with Gasteiger partial charge in [0.15, 0.2) is 0 Å². The number of nitrogens with zero attached hydrogens (tertiary/aromatic N) is 1. The molecule has 0 atom stereocenters. The van der Waals surface area contributed by atoms with E-state index in [0.29, 0.717) is 11.0 Å². The molecule has 0 saturated heterocycles. The van der Waals surface area contributed by atoms with Crippen LogP contribution in [0.25, 0.3) is 22.1 Å². The number of para-hydroxylation sites is 1. The van der Waals surface area contributed by atoms with Crippen molar-refractivity contribution in [1.29, 1.82) is 0 Å². The number of nitro benzene ring substituents is 1. The first-order valence-corrected chi connectivity index (χ1v) is 6.03. The molecule has 0 spiro atoms. The average Bonchev–Trinajstić information content (AvgIpc) is 2.47. The Morgan fingerprint density at radius 3 is 2.62 bits per heavy atom. The van der Waals surface area contributed by atoms with Crippen LogP contribution in [0.4, 0.5) is 10.1 Å². The first-order chi connectivity index (χ1) is 10.1. The molecule has 0 fully saturated rings. The molecule has 21 heavy (non-hydrogen) atoms. The van der Waals surface area contributed by atoms with Gasteiger partial charge in [-0.25, -0.2) is 4.79 Å². The predicted octanol–water partition coefficient (Wildman–Crippen LogP) is 3.51. The van der Waals surface area contributed by atoms with Crippen molar-refractivity contribution in [2.24, 2.45) is 0 Å². The van der Waals surface area contributed by atoms with Crippen LogP contribution >= 0.6 is 0 Å². The van der Waals surface area contributed by atoms with Crippen molar-refractivity contribution in [2.75, 3.05) is 0 Å². The number of rotatable bonds is 2. The molecule has 0 aliphatic carbocycles. The number of benzene rings is 2. The van der Waals surface area contributed by atoms with Crippen LogP contribution in [0.1, 0.15) is 0 Å². The molecule has 5 nitrogen and oxygen atoms in total. The molecule has 3 aromatic rings. The van der Waals surface area contributed by atoms with E-state index in [4.69, 9.17) is 4.42 Å². The van der Waals surface area contributed by atoms with Gasteiger partial charge in [-0.2, -0.15) is 4.39 Å². The van der Waals surface area contributed by atoms with Crippen molar-refractivity contribution in [3.63, 3.8) is 0 Å². The van der Waals surface area contributed by atoms with E-state index in [1.807, 2.05) is 0 Å².